The van der Waals surface area contributed by atoms with E-state index in [2.05, 4.69) is 5.32 Å². The lowest BCUT2D eigenvalue weighted by molar-refractivity contribution is -0.139. The van der Waals surface area contributed by atoms with Crippen LogP contribution in [0.15, 0.2) is 71.6 Å². The first-order valence-corrected chi connectivity index (χ1v) is 16.0. The van der Waals surface area contributed by atoms with Crippen LogP contribution in [0.3, 0.4) is 0 Å². The van der Waals surface area contributed by atoms with Gasteiger partial charge in [0, 0.05) is 33.2 Å². The van der Waals surface area contributed by atoms with Crippen molar-refractivity contribution in [3.8, 4) is 5.75 Å². The minimum absolute atomic E-state index is 0.0748. The predicted molar refractivity (Wildman–Crippen MR) is 168 cm³/mol. The second-order valence-electron chi connectivity index (χ2n) is 9.58. The van der Waals surface area contributed by atoms with Crippen molar-refractivity contribution in [1.82, 2.24) is 10.2 Å². The van der Waals surface area contributed by atoms with Gasteiger partial charge in [0.05, 0.1) is 17.2 Å². The molecule has 0 spiro atoms. The Morgan fingerprint density at radius 1 is 0.905 bits per heavy atom. The number of sulfonamides is 1. The molecule has 0 saturated heterocycles. The van der Waals surface area contributed by atoms with E-state index in [4.69, 9.17) is 39.5 Å². The molecule has 226 valence electrons. The number of hydrogen-bond donors (Lipinski definition) is 1. The topological polar surface area (TPSA) is 96.0 Å². The van der Waals surface area contributed by atoms with Crippen molar-refractivity contribution >= 4 is 62.3 Å². The third-order valence-corrected chi connectivity index (χ3v) is 9.41. The Hall–Kier alpha value is -2.98. The Bertz CT molecular complexity index is 1480. The van der Waals surface area contributed by atoms with Crippen LogP contribution in [-0.4, -0.2) is 50.4 Å². The van der Waals surface area contributed by atoms with Crippen LogP contribution in [-0.2, 0) is 26.2 Å². The zero-order valence-corrected chi connectivity index (χ0v) is 26.9. The van der Waals surface area contributed by atoms with E-state index in [9.17, 15) is 18.0 Å². The number of benzene rings is 3. The summed E-state index contributed by atoms with van der Waals surface area (Å²) < 4.78 is 34.8. The maximum atomic E-state index is 14.1. The number of carbonyl (C=O) groups excluding carboxylic acids is 2. The largest absolute Gasteiger partial charge is 0.492 e. The molecule has 0 heterocycles. The summed E-state index contributed by atoms with van der Waals surface area (Å²) in [5.41, 5.74) is 0.592. The molecule has 3 rings (SSSR count). The lowest BCUT2D eigenvalue weighted by Gasteiger charge is -2.33. The molecule has 0 aromatic heterocycles. The van der Waals surface area contributed by atoms with Gasteiger partial charge in [0.1, 0.15) is 18.3 Å². The van der Waals surface area contributed by atoms with Gasteiger partial charge in [-0.15, -0.1) is 0 Å². The molecule has 0 saturated carbocycles. The zero-order valence-electron chi connectivity index (χ0n) is 23.8. The maximum absolute atomic E-state index is 14.1. The molecular weight excluding hydrogens is 621 g/mol. The number of halogens is 3. The third-order valence-electron chi connectivity index (χ3n) is 6.67. The normalized spacial score (nSPS) is 12.7. The van der Waals surface area contributed by atoms with Crippen LogP contribution < -0.4 is 14.4 Å². The van der Waals surface area contributed by atoms with Crippen LogP contribution in [0.1, 0.15) is 39.7 Å². The van der Waals surface area contributed by atoms with Gasteiger partial charge in [-0.05, 0) is 75.7 Å². The van der Waals surface area contributed by atoms with Crippen LogP contribution in [0.4, 0.5) is 5.69 Å². The molecule has 2 amide bonds. The van der Waals surface area contributed by atoms with Crippen molar-refractivity contribution in [3.05, 3.63) is 87.4 Å². The Labute approximate surface area is 262 Å². The van der Waals surface area contributed by atoms with Gasteiger partial charge in [0.15, 0.2) is 0 Å². The molecule has 3 aromatic rings. The van der Waals surface area contributed by atoms with Crippen molar-refractivity contribution < 1.29 is 22.7 Å². The van der Waals surface area contributed by atoms with Crippen LogP contribution >= 0.6 is 34.8 Å². The van der Waals surface area contributed by atoms with Crippen molar-refractivity contribution in [1.29, 1.82) is 0 Å². The number of carbonyl (C=O) groups is 2. The van der Waals surface area contributed by atoms with Crippen LogP contribution in [0.25, 0.3) is 0 Å². The Kier molecular flexibility index (Phi) is 11.9. The highest BCUT2D eigenvalue weighted by Crippen LogP contribution is 2.33. The molecule has 1 N–H and O–H groups in total. The van der Waals surface area contributed by atoms with Gasteiger partial charge in [-0.1, -0.05) is 59.9 Å². The summed E-state index contributed by atoms with van der Waals surface area (Å²) in [4.78, 5) is 28.6. The summed E-state index contributed by atoms with van der Waals surface area (Å²) in [6.07, 6.45) is 0.685. The molecular formula is C30H34Cl3N3O5S. The molecule has 8 nitrogen and oxygen atoms in total. The Morgan fingerprint density at radius 2 is 1.52 bits per heavy atom. The van der Waals surface area contributed by atoms with Gasteiger partial charge in [0.25, 0.3) is 10.0 Å². The summed E-state index contributed by atoms with van der Waals surface area (Å²) in [6, 6.07) is 16.0. The first-order valence-electron chi connectivity index (χ1n) is 13.4. The highest BCUT2D eigenvalue weighted by Gasteiger charge is 2.34. The van der Waals surface area contributed by atoms with Gasteiger partial charge < -0.3 is 15.0 Å². The molecule has 0 radical (unpaired) electrons. The van der Waals surface area contributed by atoms with Crippen molar-refractivity contribution in [2.45, 2.75) is 57.6 Å². The van der Waals surface area contributed by atoms with Gasteiger partial charge >= 0.3 is 0 Å². The highest BCUT2D eigenvalue weighted by atomic mass is 35.5. The fraction of sp³-hybridized carbons (Fsp3) is 0.333. The molecule has 12 heteroatoms. The number of anilines is 1. The molecule has 0 aliphatic carbocycles. The van der Waals surface area contributed by atoms with Crippen LogP contribution in [0, 0.1) is 0 Å². The molecule has 0 aliphatic rings. The smallest absolute Gasteiger partial charge is 0.264 e. The van der Waals surface area contributed by atoms with E-state index in [1.54, 1.807) is 56.3 Å². The molecule has 0 aliphatic heterocycles. The SMILES string of the molecule is CCOc1ccccc1N(CC(=O)N(Cc1c(Cl)cccc1Cl)[C@@H](C)C(=O)N[C@@H](C)CC)S(=O)(=O)c1ccc(Cl)cc1. The van der Waals surface area contributed by atoms with Crippen molar-refractivity contribution in [2.75, 3.05) is 17.5 Å². The van der Waals surface area contributed by atoms with Crippen molar-refractivity contribution in [3.63, 3.8) is 0 Å². The van der Waals surface area contributed by atoms with E-state index < -0.39 is 34.4 Å². The summed E-state index contributed by atoms with van der Waals surface area (Å²) in [6.45, 7) is 6.62. The quantitative estimate of drug-likeness (QED) is 0.225. The van der Waals surface area contributed by atoms with E-state index in [1.807, 2.05) is 13.8 Å². The van der Waals surface area contributed by atoms with E-state index in [-0.39, 0.29) is 35.5 Å². The van der Waals surface area contributed by atoms with Gasteiger partial charge in [0.2, 0.25) is 11.8 Å². The number of nitrogens with one attached hydrogen (secondary N) is 1. The highest BCUT2D eigenvalue weighted by molar-refractivity contribution is 7.92. The molecule has 3 aromatic carbocycles. The van der Waals surface area contributed by atoms with Gasteiger partial charge in [-0.3, -0.25) is 13.9 Å². The van der Waals surface area contributed by atoms with Gasteiger partial charge in [-0.2, -0.15) is 0 Å². The van der Waals surface area contributed by atoms with Gasteiger partial charge in [-0.25, -0.2) is 8.42 Å². The number of rotatable bonds is 13. The third kappa shape index (κ3) is 8.10. The first-order chi connectivity index (χ1) is 19.9. The maximum Gasteiger partial charge on any atom is 0.264 e. The van der Waals surface area contributed by atoms with Crippen molar-refractivity contribution in [2.24, 2.45) is 0 Å². The number of amides is 2. The van der Waals surface area contributed by atoms with Crippen LogP contribution in [0.2, 0.25) is 15.1 Å². The average molecular weight is 655 g/mol. The minimum atomic E-state index is -4.30. The minimum Gasteiger partial charge on any atom is -0.492 e. The Balaban J connectivity index is 2.12. The molecule has 42 heavy (non-hydrogen) atoms. The number of nitrogens with zero attached hydrogens (tertiary/aromatic N) is 2. The number of ether oxygens (including phenoxy) is 1. The number of hydrogen-bond acceptors (Lipinski definition) is 5. The molecule has 0 bridgehead atoms. The molecule has 0 fully saturated rings. The summed E-state index contributed by atoms with van der Waals surface area (Å²) in [5.74, 6) is -0.780. The second kappa shape index (κ2) is 15.0. The molecule has 0 unspecified atom stereocenters. The monoisotopic (exact) mass is 653 g/mol. The lowest BCUT2D eigenvalue weighted by Crippen LogP contribution is -2.52. The average Bonchev–Trinajstić information content (AvgIpc) is 2.96. The Morgan fingerprint density at radius 3 is 2.12 bits per heavy atom. The fourth-order valence-electron chi connectivity index (χ4n) is 4.09. The summed E-state index contributed by atoms with van der Waals surface area (Å²) in [7, 11) is -4.30. The predicted octanol–water partition coefficient (Wildman–Crippen LogP) is 6.57. The van der Waals surface area contributed by atoms with E-state index in [0.29, 0.717) is 27.1 Å². The number of para-hydroxylation sites is 2. The zero-order chi connectivity index (χ0) is 31.0. The van der Waals surface area contributed by atoms with E-state index in [0.717, 1.165) is 4.31 Å². The van der Waals surface area contributed by atoms with E-state index in [1.165, 1.54) is 29.2 Å². The fourth-order valence-corrected chi connectivity index (χ4v) is 6.16. The lowest BCUT2D eigenvalue weighted by atomic mass is 10.1. The second-order valence-corrected chi connectivity index (χ2v) is 12.7. The standard InChI is InChI=1S/C30H34Cl3N3O5S/c1-5-20(3)34-30(38)21(4)35(18-24-25(32)10-9-11-26(24)33)29(37)19-36(27-12-7-8-13-28(27)41-6-2)42(39,40)23-16-14-22(31)15-17-23/h7-17,20-21H,5-6,18-19H2,1-4H3,(H,34,38)/t20-,21-/m0/s1. The van der Waals surface area contributed by atoms with E-state index >= 15 is 0 Å². The first kappa shape index (κ1) is 33.5. The molecule has 2 atom stereocenters. The summed E-state index contributed by atoms with van der Waals surface area (Å²) in [5, 5.41) is 3.86. The summed E-state index contributed by atoms with van der Waals surface area (Å²) >= 11 is 18.9. The van der Waals surface area contributed by atoms with Crippen LogP contribution in [0.5, 0.6) is 5.75 Å².